The molecule has 0 bridgehead atoms. The second-order valence-corrected chi connectivity index (χ2v) is 2.15. The number of quaternary nitrogens is 1. The Morgan fingerprint density at radius 1 is 1.75 bits per heavy atom. The van der Waals surface area contributed by atoms with E-state index >= 15 is 0 Å². The molecule has 0 spiro atoms. The Labute approximate surface area is 49.3 Å². The lowest BCUT2D eigenvalue weighted by Crippen LogP contribution is -2.90. The predicted molar refractivity (Wildman–Crippen MR) is 31.1 cm³/mol. The first kappa shape index (κ1) is 7.43. The van der Waals surface area contributed by atoms with E-state index in [1.54, 1.807) is 0 Å². The maximum absolute atomic E-state index is 10.1. The molecule has 0 atom stereocenters. The van der Waals surface area contributed by atoms with Crippen molar-refractivity contribution in [3.05, 3.63) is 0 Å². The third kappa shape index (κ3) is 5.43. The van der Waals surface area contributed by atoms with Crippen molar-refractivity contribution in [2.75, 3.05) is 6.54 Å². The van der Waals surface area contributed by atoms with Crippen LogP contribution in [0, 0.1) is 0 Å². The maximum Gasteiger partial charge on any atom is 0.272 e. The van der Waals surface area contributed by atoms with Crippen LogP contribution in [0.25, 0.3) is 0 Å². The third-order valence-corrected chi connectivity index (χ3v) is 0.790. The van der Waals surface area contributed by atoms with Crippen molar-refractivity contribution < 1.29 is 10.1 Å². The molecule has 3 nitrogen and oxygen atoms in total. The fraction of sp³-hybridized carbons (Fsp3) is 0.800. The van der Waals surface area contributed by atoms with Crippen LogP contribution in [0.15, 0.2) is 0 Å². The Morgan fingerprint density at radius 3 is 2.38 bits per heavy atom. The van der Waals surface area contributed by atoms with Crippen molar-refractivity contribution in [2.24, 2.45) is 5.73 Å². The molecular weight excluding hydrogens is 104 g/mol. The second kappa shape index (κ2) is 3.43. The zero-order chi connectivity index (χ0) is 6.57. The summed E-state index contributed by atoms with van der Waals surface area (Å²) in [6.07, 6.45) is 0. The molecule has 0 aromatic rings. The summed E-state index contributed by atoms with van der Waals surface area (Å²) in [7, 11) is 0. The molecule has 0 aliphatic carbocycles. The minimum absolute atomic E-state index is 0.251. The number of carbonyl (C=O) groups is 1. The van der Waals surface area contributed by atoms with Crippen LogP contribution in [0.2, 0.25) is 0 Å². The van der Waals surface area contributed by atoms with Crippen molar-refractivity contribution in [1.29, 1.82) is 0 Å². The van der Waals surface area contributed by atoms with Crippen LogP contribution in [0.5, 0.6) is 0 Å². The summed E-state index contributed by atoms with van der Waals surface area (Å²) in [5.41, 5.74) is 4.87. The lowest BCUT2D eigenvalue weighted by Gasteiger charge is -1.99. The van der Waals surface area contributed by atoms with Gasteiger partial charge in [0.15, 0.2) is 6.54 Å². The van der Waals surface area contributed by atoms with E-state index in [0.29, 0.717) is 12.6 Å². The molecule has 0 aliphatic heterocycles. The van der Waals surface area contributed by atoms with Crippen LogP contribution < -0.4 is 11.1 Å². The highest BCUT2D eigenvalue weighted by Crippen LogP contribution is 1.59. The van der Waals surface area contributed by atoms with Crippen LogP contribution in [0.1, 0.15) is 13.8 Å². The van der Waals surface area contributed by atoms with E-state index in [2.05, 4.69) is 0 Å². The Hall–Kier alpha value is -0.570. The van der Waals surface area contributed by atoms with Crippen molar-refractivity contribution in [2.45, 2.75) is 19.9 Å². The molecule has 0 aromatic carbocycles. The van der Waals surface area contributed by atoms with Gasteiger partial charge in [0.1, 0.15) is 0 Å². The van der Waals surface area contributed by atoms with Gasteiger partial charge in [0.25, 0.3) is 5.91 Å². The minimum atomic E-state index is -0.251. The summed E-state index contributed by atoms with van der Waals surface area (Å²) < 4.78 is 0. The molecule has 0 rings (SSSR count). The summed E-state index contributed by atoms with van der Waals surface area (Å²) in [5.74, 6) is -0.251. The molecule has 0 saturated heterocycles. The van der Waals surface area contributed by atoms with Gasteiger partial charge in [-0.1, -0.05) is 0 Å². The van der Waals surface area contributed by atoms with Gasteiger partial charge in [0.05, 0.1) is 6.04 Å². The molecule has 0 saturated carbocycles. The Balaban J connectivity index is 3.05. The topological polar surface area (TPSA) is 59.7 Å². The van der Waals surface area contributed by atoms with Gasteiger partial charge in [-0.25, -0.2) is 0 Å². The Kier molecular flexibility index (Phi) is 3.19. The molecule has 4 N–H and O–H groups in total. The number of nitrogens with two attached hydrogens (primary N) is 2. The van der Waals surface area contributed by atoms with Gasteiger partial charge in [-0.15, -0.1) is 0 Å². The number of amides is 1. The number of primary amides is 1. The molecule has 0 fully saturated rings. The first-order valence-electron chi connectivity index (χ1n) is 2.74. The normalized spacial score (nSPS) is 9.88. The molecule has 48 valence electrons. The molecule has 0 heterocycles. The number of hydrogen-bond acceptors (Lipinski definition) is 1. The van der Waals surface area contributed by atoms with Crippen molar-refractivity contribution >= 4 is 5.91 Å². The third-order valence-electron chi connectivity index (χ3n) is 0.790. The number of rotatable bonds is 3. The highest BCUT2D eigenvalue weighted by Gasteiger charge is 1.97. The second-order valence-electron chi connectivity index (χ2n) is 2.15. The SMILES string of the molecule is CC(C)[NH2+]CC(N)=O. The van der Waals surface area contributed by atoms with E-state index in [9.17, 15) is 4.79 Å². The van der Waals surface area contributed by atoms with Crippen LogP contribution in [0.3, 0.4) is 0 Å². The fourth-order valence-corrected chi connectivity index (χ4v) is 0.352. The standard InChI is InChI=1S/C5H12N2O/c1-4(2)7-3-5(6)8/h4,7H,3H2,1-2H3,(H2,6,8)/p+1. The number of carbonyl (C=O) groups excluding carboxylic acids is 1. The van der Waals surface area contributed by atoms with E-state index < -0.39 is 0 Å². The monoisotopic (exact) mass is 117 g/mol. The summed E-state index contributed by atoms with van der Waals surface area (Å²) >= 11 is 0. The van der Waals surface area contributed by atoms with E-state index in [1.807, 2.05) is 19.2 Å². The van der Waals surface area contributed by atoms with E-state index in [4.69, 9.17) is 5.73 Å². The van der Waals surface area contributed by atoms with Gasteiger partial charge in [-0.05, 0) is 13.8 Å². The van der Waals surface area contributed by atoms with Gasteiger partial charge in [-0.2, -0.15) is 0 Å². The molecular formula is C5H13N2O+. The van der Waals surface area contributed by atoms with Crippen LogP contribution in [0.4, 0.5) is 0 Å². The van der Waals surface area contributed by atoms with E-state index in [-0.39, 0.29) is 5.91 Å². The minimum Gasteiger partial charge on any atom is -0.365 e. The summed E-state index contributed by atoms with van der Waals surface area (Å²) in [5, 5.41) is 1.89. The average Bonchev–Trinajstić information content (AvgIpc) is 1.61. The smallest absolute Gasteiger partial charge is 0.272 e. The summed E-state index contributed by atoms with van der Waals surface area (Å²) in [6.45, 7) is 4.43. The highest BCUT2D eigenvalue weighted by atomic mass is 16.1. The summed E-state index contributed by atoms with van der Waals surface area (Å²) in [6, 6.07) is 0.461. The molecule has 0 unspecified atom stereocenters. The lowest BCUT2D eigenvalue weighted by molar-refractivity contribution is -0.672. The summed E-state index contributed by atoms with van der Waals surface area (Å²) in [4.78, 5) is 10.1. The molecule has 0 aliphatic rings. The van der Waals surface area contributed by atoms with Crippen LogP contribution in [-0.2, 0) is 4.79 Å². The van der Waals surface area contributed by atoms with E-state index in [0.717, 1.165) is 0 Å². The van der Waals surface area contributed by atoms with Crippen LogP contribution in [-0.4, -0.2) is 18.5 Å². The van der Waals surface area contributed by atoms with E-state index in [1.165, 1.54) is 0 Å². The zero-order valence-corrected chi connectivity index (χ0v) is 5.35. The largest absolute Gasteiger partial charge is 0.365 e. The average molecular weight is 117 g/mol. The Morgan fingerprint density at radius 2 is 2.25 bits per heavy atom. The quantitative estimate of drug-likeness (QED) is 0.461. The van der Waals surface area contributed by atoms with Gasteiger partial charge in [0.2, 0.25) is 0 Å². The zero-order valence-electron chi connectivity index (χ0n) is 5.35. The molecule has 0 radical (unpaired) electrons. The highest BCUT2D eigenvalue weighted by molar-refractivity contribution is 5.74. The fourth-order valence-electron chi connectivity index (χ4n) is 0.352. The van der Waals surface area contributed by atoms with Gasteiger partial charge >= 0.3 is 0 Å². The molecule has 3 heteroatoms. The van der Waals surface area contributed by atoms with Crippen molar-refractivity contribution in [3.63, 3.8) is 0 Å². The Bertz CT molecular complexity index is 80.5. The molecule has 1 amide bonds. The van der Waals surface area contributed by atoms with Gasteiger partial charge in [-0.3, -0.25) is 4.79 Å². The first-order valence-corrected chi connectivity index (χ1v) is 2.74. The van der Waals surface area contributed by atoms with Crippen LogP contribution >= 0.6 is 0 Å². The first-order chi connectivity index (χ1) is 3.63. The van der Waals surface area contributed by atoms with Crippen molar-refractivity contribution in [1.82, 2.24) is 0 Å². The maximum atomic E-state index is 10.1. The lowest BCUT2D eigenvalue weighted by atomic mass is 10.4. The number of hydrogen-bond donors (Lipinski definition) is 2. The van der Waals surface area contributed by atoms with Crippen molar-refractivity contribution in [3.8, 4) is 0 Å². The molecule has 0 aromatic heterocycles. The predicted octanol–water partition coefficient (Wildman–Crippen LogP) is -1.56. The van der Waals surface area contributed by atoms with Gasteiger partial charge in [0, 0.05) is 0 Å². The molecule has 8 heavy (non-hydrogen) atoms. The van der Waals surface area contributed by atoms with Gasteiger partial charge < -0.3 is 11.1 Å².